The largest absolute Gasteiger partial charge is 0.490 e. The van der Waals surface area contributed by atoms with E-state index in [1.807, 2.05) is 19.1 Å². The summed E-state index contributed by atoms with van der Waals surface area (Å²) < 4.78 is 10.9. The Kier molecular flexibility index (Phi) is 6.63. The third-order valence-corrected chi connectivity index (χ3v) is 3.42. The van der Waals surface area contributed by atoms with Crippen molar-refractivity contribution in [3.8, 4) is 11.5 Å². The lowest BCUT2D eigenvalue weighted by atomic mass is 10.2. The lowest BCUT2D eigenvalue weighted by Crippen LogP contribution is -2.28. The molecule has 2 aromatic rings. The number of hydrogen-bond acceptors (Lipinski definition) is 4. The molecule has 0 spiro atoms. The second kappa shape index (κ2) is 8.93. The van der Waals surface area contributed by atoms with Crippen LogP contribution in [0.15, 0.2) is 42.5 Å². The smallest absolute Gasteiger partial charge is 0.258 e. The average molecular weight is 348 g/mol. The molecule has 0 aliphatic rings. The summed E-state index contributed by atoms with van der Waals surface area (Å²) in [5, 5.41) is 3.41. The van der Waals surface area contributed by atoms with E-state index >= 15 is 0 Å². The first kappa shape index (κ1) is 17.8. The van der Waals surface area contributed by atoms with E-state index in [4.69, 9.17) is 21.1 Å². The SMILES string of the molecule is CCOc1cc(C=O)ccc1OCC(=O)NCc1ccc(Cl)cc1. The van der Waals surface area contributed by atoms with Gasteiger partial charge in [-0.1, -0.05) is 23.7 Å². The minimum atomic E-state index is -0.258. The monoisotopic (exact) mass is 347 g/mol. The Labute approximate surface area is 145 Å². The van der Waals surface area contributed by atoms with Gasteiger partial charge in [0.2, 0.25) is 0 Å². The van der Waals surface area contributed by atoms with Gasteiger partial charge in [0, 0.05) is 17.1 Å². The highest BCUT2D eigenvalue weighted by atomic mass is 35.5. The Morgan fingerprint density at radius 1 is 1.12 bits per heavy atom. The molecule has 0 heterocycles. The van der Waals surface area contributed by atoms with Gasteiger partial charge in [-0.3, -0.25) is 9.59 Å². The van der Waals surface area contributed by atoms with Crippen molar-refractivity contribution >= 4 is 23.8 Å². The molecule has 0 aliphatic heterocycles. The van der Waals surface area contributed by atoms with Crippen LogP contribution in [0.1, 0.15) is 22.8 Å². The van der Waals surface area contributed by atoms with Crippen molar-refractivity contribution in [1.82, 2.24) is 5.32 Å². The van der Waals surface area contributed by atoms with Crippen LogP contribution in [0.5, 0.6) is 11.5 Å². The van der Waals surface area contributed by atoms with Crippen LogP contribution in [0.4, 0.5) is 0 Å². The number of nitrogens with one attached hydrogen (secondary N) is 1. The van der Waals surface area contributed by atoms with Crippen molar-refractivity contribution in [2.75, 3.05) is 13.2 Å². The summed E-state index contributed by atoms with van der Waals surface area (Å²) in [4.78, 5) is 22.7. The van der Waals surface area contributed by atoms with Gasteiger partial charge in [-0.05, 0) is 42.8 Å². The third kappa shape index (κ3) is 5.28. The maximum atomic E-state index is 11.9. The second-order valence-corrected chi connectivity index (χ2v) is 5.39. The van der Waals surface area contributed by atoms with Crippen LogP contribution in [0.3, 0.4) is 0 Å². The lowest BCUT2D eigenvalue weighted by molar-refractivity contribution is -0.123. The Morgan fingerprint density at radius 3 is 2.54 bits per heavy atom. The molecule has 0 unspecified atom stereocenters. The van der Waals surface area contributed by atoms with Crippen molar-refractivity contribution in [2.45, 2.75) is 13.5 Å². The van der Waals surface area contributed by atoms with E-state index in [0.717, 1.165) is 11.8 Å². The van der Waals surface area contributed by atoms with Gasteiger partial charge in [-0.2, -0.15) is 0 Å². The average Bonchev–Trinajstić information content (AvgIpc) is 2.60. The summed E-state index contributed by atoms with van der Waals surface area (Å²) in [5.41, 5.74) is 1.43. The van der Waals surface area contributed by atoms with Crippen LogP contribution < -0.4 is 14.8 Å². The van der Waals surface area contributed by atoms with Gasteiger partial charge >= 0.3 is 0 Å². The molecule has 0 aromatic heterocycles. The molecule has 0 saturated carbocycles. The fraction of sp³-hybridized carbons (Fsp3) is 0.222. The van der Waals surface area contributed by atoms with Crippen molar-refractivity contribution in [2.24, 2.45) is 0 Å². The molecule has 1 N–H and O–H groups in total. The molecule has 2 aromatic carbocycles. The number of rotatable bonds is 8. The number of ether oxygens (including phenoxy) is 2. The Hall–Kier alpha value is -2.53. The van der Waals surface area contributed by atoms with E-state index in [1.54, 1.807) is 30.3 Å². The fourth-order valence-electron chi connectivity index (χ4n) is 1.98. The minimum absolute atomic E-state index is 0.145. The number of halogens is 1. The highest BCUT2D eigenvalue weighted by Gasteiger charge is 2.09. The molecule has 24 heavy (non-hydrogen) atoms. The molecular weight excluding hydrogens is 330 g/mol. The highest BCUT2D eigenvalue weighted by Crippen LogP contribution is 2.27. The zero-order valence-electron chi connectivity index (χ0n) is 13.3. The first-order chi connectivity index (χ1) is 11.6. The highest BCUT2D eigenvalue weighted by molar-refractivity contribution is 6.30. The molecule has 6 heteroatoms. The summed E-state index contributed by atoms with van der Waals surface area (Å²) in [6.45, 7) is 2.51. The van der Waals surface area contributed by atoms with Gasteiger partial charge in [-0.25, -0.2) is 0 Å². The van der Waals surface area contributed by atoms with Gasteiger partial charge in [0.1, 0.15) is 6.29 Å². The molecule has 0 fully saturated rings. The van der Waals surface area contributed by atoms with E-state index in [2.05, 4.69) is 5.32 Å². The summed E-state index contributed by atoms with van der Waals surface area (Å²) in [7, 11) is 0. The minimum Gasteiger partial charge on any atom is -0.490 e. The topological polar surface area (TPSA) is 64.6 Å². The maximum absolute atomic E-state index is 11.9. The molecule has 5 nitrogen and oxygen atoms in total. The third-order valence-electron chi connectivity index (χ3n) is 3.17. The molecule has 126 valence electrons. The van der Waals surface area contributed by atoms with E-state index < -0.39 is 0 Å². The Bertz CT molecular complexity index is 701. The predicted octanol–water partition coefficient (Wildman–Crippen LogP) is 3.25. The number of amides is 1. The lowest BCUT2D eigenvalue weighted by Gasteiger charge is -2.12. The summed E-state index contributed by atoms with van der Waals surface area (Å²) in [6, 6.07) is 12.0. The zero-order valence-corrected chi connectivity index (χ0v) is 14.0. The molecule has 2 rings (SSSR count). The van der Waals surface area contributed by atoms with E-state index in [1.165, 1.54) is 0 Å². The van der Waals surface area contributed by atoms with Gasteiger partial charge < -0.3 is 14.8 Å². The van der Waals surface area contributed by atoms with E-state index in [9.17, 15) is 9.59 Å². The normalized spacial score (nSPS) is 10.1. The van der Waals surface area contributed by atoms with Crippen LogP contribution in [-0.2, 0) is 11.3 Å². The zero-order chi connectivity index (χ0) is 17.4. The Morgan fingerprint density at radius 2 is 1.88 bits per heavy atom. The molecule has 0 radical (unpaired) electrons. The fourth-order valence-corrected chi connectivity index (χ4v) is 2.11. The van der Waals surface area contributed by atoms with Gasteiger partial charge in [-0.15, -0.1) is 0 Å². The van der Waals surface area contributed by atoms with Gasteiger partial charge in [0.25, 0.3) is 5.91 Å². The van der Waals surface area contributed by atoms with Crippen molar-refractivity contribution in [3.63, 3.8) is 0 Å². The molecule has 1 amide bonds. The number of benzene rings is 2. The summed E-state index contributed by atoms with van der Waals surface area (Å²) in [6.07, 6.45) is 0.727. The predicted molar refractivity (Wildman–Crippen MR) is 91.8 cm³/mol. The number of carbonyl (C=O) groups is 2. The number of carbonyl (C=O) groups excluding carboxylic acids is 2. The van der Waals surface area contributed by atoms with E-state index in [-0.39, 0.29) is 12.5 Å². The molecule has 0 aliphatic carbocycles. The van der Waals surface area contributed by atoms with Crippen molar-refractivity contribution in [1.29, 1.82) is 0 Å². The number of hydrogen-bond donors (Lipinski definition) is 1. The Balaban J connectivity index is 1.88. The van der Waals surface area contributed by atoms with Crippen LogP contribution in [-0.4, -0.2) is 25.4 Å². The molecular formula is C18H18ClNO4. The van der Waals surface area contributed by atoms with Crippen LogP contribution in [0, 0.1) is 0 Å². The van der Waals surface area contributed by atoms with E-state index in [0.29, 0.717) is 35.2 Å². The quantitative estimate of drug-likeness (QED) is 0.744. The second-order valence-electron chi connectivity index (χ2n) is 4.95. The summed E-state index contributed by atoms with van der Waals surface area (Å²) in [5.74, 6) is 0.601. The van der Waals surface area contributed by atoms with Gasteiger partial charge in [0.05, 0.1) is 6.61 Å². The van der Waals surface area contributed by atoms with Crippen molar-refractivity contribution < 1.29 is 19.1 Å². The first-order valence-electron chi connectivity index (χ1n) is 7.48. The van der Waals surface area contributed by atoms with Crippen LogP contribution in [0.25, 0.3) is 0 Å². The van der Waals surface area contributed by atoms with Crippen LogP contribution >= 0.6 is 11.6 Å². The van der Waals surface area contributed by atoms with Gasteiger partial charge in [0.15, 0.2) is 18.1 Å². The number of aldehydes is 1. The van der Waals surface area contributed by atoms with Crippen LogP contribution in [0.2, 0.25) is 5.02 Å². The standard InChI is InChI=1S/C18H18ClNO4/c1-2-23-17-9-14(11-21)5-8-16(17)24-12-18(22)20-10-13-3-6-15(19)7-4-13/h3-9,11H,2,10,12H2,1H3,(H,20,22). The molecule has 0 bridgehead atoms. The molecule has 0 saturated heterocycles. The van der Waals surface area contributed by atoms with Crippen molar-refractivity contribution in [3.05, 3.63) is 58.6 Å². The summed E-state index contributed by atoms with van der Waals surface area (Å²) >= 11 is 5.81. The first-order valence-corrected chi connectivity index (χ1v) is 7.86. The maximum Gasteiger partial charge on any atom is 0.258 e. The molecule has 0 atom stereocenters.